The Morgan fingerprint density at radius 1 is 1.04 bits per heavy atom. The van der Waals surface area contributed by atoms with E-state index in [1.54, 1.807) is 11.1 Å². The number of aromatic carboxylic acids is 1. The number of nitrogen functional groups attached to an aromatic ring is 1. The van der Waals surface area contributed by atoms with Crippen molar-refractivity contribution in [3.8, 4) is 5.75 Å². The van der Waals surface area contributed by atoms with E-state index in [9.17, 15) is 4.79 Å². The summed E-state index contributed by atoms with van der Waals surface area (Å²) in [7, 11) is 0. The number of aryl methyl sites for hydroxylation is 2. The van der Waals surface area contributed by atoms with Crippen LogP contribution in [0.25, 0.3) is 0 Å². The highest BCUT2D eigenvalue weighted by Crippen LogP contribution is 2.33. The SMILES string of the molecule is CC1(C)CCc2ccccc2CC1.Nc1ccc(O)cc1C(=O)O. The largest absolute Gasteiger partial charge is 0.508 e. The van der Waals surface area contributed by atoms with Crippen LogP contribution >= 0.6 is 0 Å². The van der Waals surface area contributed by atoms with E-state index in [0.717, 1.165) is 6.07 Å². The molecule has 0 spiro atoms. The minimum atomic E-state index is -1.14. The minimum Gasteiger partial charge on any atom is -0.508 e. The molecule has 0 unspecified atom stereocenters. The highest BCUT2D eigenvalue weighted by atomic mass is 16.4. The molecule has 0 saturated carbocycles. The molecule has 0 aromatic heterocycles. The fourth-order valence-corrected chi connectivity index (χ4v) is 2.85. The van der Waals surface area contributed by atoms with E-state index >= 15 is 0 Å². The maximum atomic E-state index is 10.4. The molecule has 0 saturated heterocycles. The second-order valence-electron chi connectivity index (χ2n) is 7.01. The molecule has 0 atom stereocenters. The Hall–Kier alpha value is -2.49. The van der Waals surface area contributed by atoms with Crippen LogP contribution in [-0.2, 0) is 12.8 Å². The number of nitrogens with two attached hydrogens (primary N) is 1. The number of rotatable bonds is 1. The van der Waals surface area contributed by atoms with Crippen LogP contribution < -0.4 is 5.73 Å². The monoisotopic (exact) mass is 327 g/mol. The summed E-state index contributed by atoms with van der Waals surface area (Å²) in [5.41, 5.74) is 9.06. The van der Waals surface area contributed by atoms with Crippen LogP contribution in [0.1, 0.15) is 48.2 Å². The van der Waals surface area contributed by atoms with E-state index in [1.807, 2.05) is 0 Å². The summed E-state index contributed by atoms with van der Waals surface area (Å²) in [4.78, 5) is 10.4. The van der Waals surface area contributed by atoms with E-state index < -0.39 is 5.97 Å². The number of aromatic hydroxyl groups is 1. The van der Waals surface area contributed by atoms with Crippen molar-refractivity contribution in [2.24, 2.45) is 5.41 Å². The van der Waals surface area contributed by atoms with Crippen molar-refractivity contribution in [2.75, 3.05) is 5.73 Å². The van der Waals surface area contributed by atoms with Crippen LogP contribution in [0.4, 0.5) is 5.69 Å². The van der Waals surface area contributed by atoms with Gasteiger partial charge >= 0.3 is 5.97 Å². The zero-order valence-electron chi connectivity index (χ0n) is 14.2. The Kier molecular flexibility index (Phi) is 5.50. The number of hydrogen-bond acceptors (Lipinski definition) is 3. The molecule has 4 heteroatoms. The van der Waals surface area contributed by atoms with Crippen LogP contribution in [0, 0.1) is 5.41 Å². The molecule has 1 aliphatic rings. The van der Waals surface area contributed by atoms with Crippen LogP contribution in [-0.4, -0.2) is 16.2 Å². The lowest BCUT2D eigenvalue weighted by molar-refractivity contribution is 0.0697. The molecule has 0 radical (unpaired) electrons. The van der Waals surface area contributed by atoms with Gasteiger partial charge in [0.05, 0.1) is 5.56 Å². The zero-order chi connectivity index (χ0) is 17.7. The van der Waals surface area contributed by atoms with Crippen molar-refractivity contribution in [2.45, 2.75) is 39.5 Å². The fraction of sp³-hybridized carbons (Fsp3) is 0.350. The standard InChI is InChI=1S/C13H18.C7H7NO3/c1-13(2)9-7-11-5-3-4-6-12(11)8-10-13;8-6-2-1-4(9)3-5(6)7(10)11/h3-6H,7-10H2,1-2H3;1-3,9H,8H2,(H,10,11). The minimum absolute atomic E-state index is 0.0787. The number of phenolic OH excluding ortho intramolecular Hbond substituents is 1. The smallest absolute Gasteiger partial charge is 0.337 e. The topological polar surface area (TPSA) is 83.5 Å². The normalized spacial score (nSPS) is 15.4. The molecule has 4 nitrogen and oxygen atoms in total. The Labute approximate surface area is 142 Å². The number of carboxylic acid groups (broad SMARTS) is 1. The van der Waals surface area contributed by atoms with E-state index in [1.165, 1.54) is 37.8 Å². The number of benzene rings is 2. The predicted molar refractivity (Wildman–Crippen MR) is 96.3 cm³/mol. The van der Waals surface area contributed by atoms with Gasteiger partial charge in [0.25, 0.3) is 0 Å². The van der Waals surface area contributed by atoms with Crippen molar-refractivity contribution in [3.05, 3.63) is 59.2 Å². The summed E-state index contributed by atoms with van der Waals surface area (Å²) in [6, 6.07) is 12.7. The molecular weight excluding hydrogens is 302 g/mol. The lowest BCUT2D eigenvalue weighted by Gasteiger charge is -2.21. The third-order valence-electron chi connectivity index (χ3n) is 4.53. The third kappa shape index (κ3) is 4.75. The molecule has 0 amide bonds. The Morgan fingerprint density at radius 3 is 2.04 bits per heavy atom. The van der Waals surface area contributed by atoms with Gasteiger partial charge in [0, 0.05) is 5.69 Å². The lowest BCUT2D eigenvalue weighted by atomic mass is 9.85. The molecule has 3 rings (SSSR count). The van der Waals surface area contributed by atoms with Crippen LogP contribution in [0.15, 0.2) is 42.5 Å². The molecule has 0 bridgehead atoms. The van der Waals surface area contributed by atoms with Crippen LogP contribution in [0.3, 0.4) is 0 Å². The van der Waals surface area contributed by atoms with Gasteiger partial charge in [-0.3, -0.25) is 0 Å². The van der Waals surface area contributed by atoms with Crippen molar-refractivity contribution >= 4 is 11.7 Å². The Bertz CT molecular complexity index is 694. The van der Waals surface area contributed by atoms with Gasteiger partial charge < -0.3 is 15.9 Å². The van der Waals surface area contributed by atoms with Gasteiger partial charge in [-0.1, -0.05) is 38.1 Å². The van der Waals surface area contributed by atoms with Crippen molar-refractivity contribution in [1.82, 2.24) is 0 Å². The van der Waals surface area contributed by atoms with E-state index in [0.29, 0.717) is 5.41 Å². The van der Waals surface area contributed by atoms with Crippen LogP contribution in [0.2, 0.25) is 0 Å². The first kappa shape index (κ1) is 17.9. The number of hydrogen-bond donors (Lipinski definition) is 3. The summed E-state index contributed by atoms with van der Waals surface area (Å²) in [5, 5.41) is 17.4. The highest BCUT2D eigenvalue weighted by molar-refractivity contribution is 5.94. The van der Waals surface area contributed by atoms with Gasteiger partial charge in [0.2, 0.25) is 0 Å². The quantitative estimate of drug-likeness (QED) is 0.415. The second-order valence-corrected chi connectivity index (χ2v) is 7.01. The molecule has 1 aliphatic carbocycles. The van der Waals surface area contributed by atoms with Crippen molar-refractivity contribution < 1.29 is 15.0 Å². The highest BCUT2D eigenvalue weighted by Gasteiger charge is 2.21. The number of anilines is 1. The molecule has 0 fully saturated rings. The second kappa shape index (κ2) is 7.39. The van der Waals surface area contributed by atoms with Gasteiger partial charge in [0.15, 0.2) is 0 Å². The maximum Gasteiger partial charge on any atom is 0.337 e. The summed E-state index contributed by atoms with van der Waals surface area (Å²) < 4.78 is 0. The summed E-state index contributed by atoms with van der Waals surface area (Å²) >= 11 is 0. The van der Waals surface area contributed by atoms with Crippen molar-refractivity contribution in [1.29, 1.82) is 0 Å². The van der Waals surface area contributed by atoms with E-state index in [4.69, 9.17) is 15.9 Å². The Morgan fingerprint density at radius 2 is 1.58 bits per heavy atom. The first-order chi connectivity index (χ1) is 11.3. The molecule has 0 aliphatic heterocycles. The van der Waals surface area contributed by atoms with Gasteiger partial charge in [-0.05, 0) is 60.4 Å². The first-order valence-electron chi connectivity index (χ1n) is 8.17. The maximum absolute atomic E-state index is 10.4. The average Bonchev–Trinajstić information content (AvgIpc) is 2.69. The molecule has 0 heterocycles. The Balaban J connectivity index is 0.000000177. The van der Waals surface area contributed by atoms with Gasteiger partial charge in [-0.25, -0.2) is 4.79 Å². The van der Waals surface area contributed by atoms with E-state index in [2.05, 4.69) is 38.1 Å². The molecule has 2 aromatic carbocycles. The van der Waals surface area contributed by atoms with Gasteiger partial charge in [-0.2, -0.15) is 0 Å². The average molecular weight is 327 g/mol. The molecule has 128 valence electrons. The van der Waals surface area contributed by atoms with Crippen molar-refractivity contribution in [3.63, 3.8) is 0 Å². The first-order valence-corrected chi connectivity index (χ1v) is 8.17. The summed E-state index contributed by atoms with van der Waals surface area (Å²) in [6.45, 7) is 4.78. The molecule has 2 aromatic rings. The molecular formula is C20H25NO3. The zero-order valence-corrected chi connectivity index (χ0v) is 14.2. The number of carbonyl (C=O) groups is 1. The third-order valence-corrected chi connectivity index (χ3v) is 4.53. The predicted octanol–water partition coefficient (Wildman–Crippen LogP) is 4.26. The molecule has 4 N–H and O–H groups in total. The van der Waals surface area contributed by atoms with Gasteiger partial charge in [-0.15, -0.1) is 0 Å². The number of carboxylic acids is 1. The summed E-state index contributed by atoms with van der Waals surface area (Å²) in [6.07, 6.45) is 5.21. The molecule has 24 heavy (non-hydrogen) atoms. The number of phenols is 1. The number of fused-ring (bicyclic) bond motifs is 1. The van der Waals surface area contributed by atoms with E-state index in [-0.39, 0.29) is 17.0 Å². The lowest BCUT2D eigenvalue weighted by Crippen LogP contribution is -2.10. The summed E-state index contributed by atoms with van der Waals surface area (Å²) in [5.74, 6) is -1.24. The van der Waals surface area contributed by atoms with Crippen LogP contribution in [0.5, 0.6) is 5.75 Å². The fourth-order valence-electron chi connectivity index (χ4n) is 2.85. The van der Waals surface area contributed by atoms with Gasteiger partial charge in [0.1, 0.15) is 5.75 Å².